The molecule has 0 aliphatic heterocycles. The molecule has 3 nitrogen and oxygen atoms in total. The van der Waals surface area contributed by atoms with Crippen LogP contribution in [0.5, 0.6) is 0 Å². The van der Waals surface area contributed by atoms with E-state index in [0.717, 1.165) is 12.8 Å². The van der Waals surface area contributed by atoms with Crippen molar-refractivity contribution in [3.63, 3.8) is 0 Å². The quantitative estimate of drug-likeness (QED) is 0.845. The maximum Gasteiger partial charge on any atom is 0.282 e. The largest absolute Gasteiger partial charge is 0.282 e. The molecular weight excluding hydrogens is 324 g/mol. The van der Waals surface area contributed by atoms with Crippen LogP contribution in [0.4, 0.5) is 0 Å². The first kappa shape index (κ1) is 12.9. The molecule has 0 amide bonds. The molecule has 0 fully saturated rings. The molecular formula is C10H14Br2N2O. The fraction of sp³-hybridized carbons (Fsp3) is 0.600. The van der Waals surface area contributed by atoms with E-state index in [4.69, 9.17) is 0 Å². The van der Waals surface area contributed by atoms with E-state index in [-0.39, 0.29) is 5.56 Å². The van der Waals surface area contributed by atoms with Gasteiger partial charge in [0.05, 0.1) is 10.7 Å². The van der Waals surface area contributed by atoms with Crippen LogP contribution in [-0.2, 0) is 6.54 Å². The maximum absolute atomic E-state index is 11.8. The van der Waals surface area contributed by atoms with Crippen LogP contribution in [0.15, 0.2) is 19.9 Å². The van der Waals surface area contributed by atoms with Crippen molar-refractivity contribution < 1.29 is 0 Å². The van der Waals surface area contributed by atoms with Gasteiger partial charge < -0.3 is 0 Å². The molecule has 1 aromatic rings. The Morgan fingerprint density at radius 1 is 1.53 bits per heavy atom. The van der Waals surface area contributed by atoms with Crippen LogP contribution >= 0.6 is 31.9 Å². The zero-order valence-corrected chi connectivity index (χ0v) is 12.0. The predicted molar refractivity (Wildman–Crippen MR) is 68.0 cm³/mol. The average Bonchev–Trinajstić information content (AvgIpc) is 2.20. The molecule has 1 aromatic heterocycles. The van der Waals surface area contributed by atoms with E-state index >= 15 is 0 Å². The topological polar surface area (TPSA) is 34.9 Å². The molecule has 5 heteroatoms. The third kappa shape index (κ3) is 3.41. The number of hydrogen-bond acceptors (Lipinski definition) is 2. The molecule has 1 rings (SSSR count). The molecule has 0 N–H and O–H groups in total. The van der Waals surface area contributed by atoms with E-state index in [1.54, 1.807) is 6.20 Å². The summed E-state index contributed by atoms with van der Waals surface area (Å²) in [6, 6.07) is 0. The van der Waals surface area contributed by atoms with Crippen molar-refractivity contribution in [3.8, 4) is 0 Å². The third-order valence-corrected chi connectivity index (χ3v) is 4.11. The Kier molecular flexibility index (Phi) is 4.99. The standard InChI is InChI=1S/C10H14Br2N2O/c1-3-4-7(2)6-14-10(15)9(12)8(11)5-13-14/h5,7H,3-4,6H2,1-2H3. The number of aromatic nitrogens is 2. The van der Waals surface area contributed by atoms with Crippen LogP contribution in [0.2, 0.25) is 0 Å². The predicted octanol–water partition coefficient (Wildman–Crippen LogP) is 3.20. The van der Waals surface area contributed by atoms with E-state index in [9.17, 15) is 4.79 Å². The Labute approximate surface area is 106 Å². The smallest absolute Gasteiger partial charge is 0.266 e. The molecule has 0 aliphatic rings. The lowest BCUT2D eigenvalue weighted by molar-refractivity contribution is 0.406. The highest BCUT2D eigenvalue weighted by Crippen LogP contribution is 2.17. The molecule has 0 saturated carbocycles. The third-order valence-electron chi connectivity index (χ3n) is 2.21. The van der Waals surface area contributed by atoms with Gasteiger partial charge in [-0.1, -0.05) is 20.3 Å². The molecule has 0 aromatic carbocycles. The molecule has 0 radical (unpaired) electrons. The van der Waals surface area contributed by atoms with Gasteiger partial charge in [0.2, 0.25) is 0 Å². The highest BCUT2D eigenvalue weighted by molar-refractivity contribution is 9.13. The second kappa shape index (κ2) is 5.80. The first-order valence-corrected chi connectivity index (χ1v) is 6.56. The maximum atomic E-state index is 11.8. The summed E-state index contributed by atoms with van der Waals surface area (Å²) in [5.74, 6) is 0.480. The van der Waals surface area contributed by atoms with Gasteiger partial charge in [-0.3, -0.25) is 4.79 Å². The van der Waals surface area contributed by atoms with Gasteiger partial charge in [-0.05, 0) is 44.2 Å². The van der Waals surface area contributed by atoms with Gasteiger partial charge in [0.25, 0.3) is 5.56 Å². The van der Waals surface area contributed by atoms with Gasteiger partial charge in [-0.25, -0.2) is 4.68 Å². The molecule has 1 atom stereocenters. The highest BCUT2D eigenvalue weighted by Gasteiger charge is 2.09. The van der Waals surface area contributed by atoms with E-state index in [1.165, 1.54) is 4.68 Å². The van der Waals surface area contributed by atoms with E-state index in [0.29, 0.717) is 21.4 Å². The van der Waals surface area contributed by atoms with Crippen molar-refractivity contribution in [1.29, 1.82) is 0 Å². The minimum atomic E-state index is -0.0765. The summed E-state index contributed by atoms with van der Waals surface area (Å²) >= 11 is 6.49. The molecule has 1 heterocycles. The van der Waals surface area contributed by atoms with Crippen molar-refractivity contribution in [3.05, 3.63) is 25.5 Å². The average molecular weight is 338 g/mol. The van der Waals surface area contributed by atoms with Crippen molar-refractivity contribution in [2.75, 3.05) is 0 Å². The summed E-state index contributed by atoms with van der Waals surface area (Å²) in [5.41, 5.74) is -0.0765. The second-order valence-corrected chi connectivity index (χ2v) is 5.33. The first-order valence-electron chi connectivity index (χ1n) is 4.97. The Balaban J connectivity index is 2.87. The number of rotatable bonds is 4. The SMILES string of the molecule is CCCC(C)Cn1ncc(Br)c(Br)c1=O. The minimum Gasteiger partial charge on any atom is -0.266 e. The second-order valence-electron chi connectivity index (χ2n) is 3.69. The summed E-state index contributed by atoms with van der Waals surface area (Å²) in [5, 5.41) is 4.09. The van der Waals surface area contributed by atoms with E-state index in [1.807, 2.05) is 0 Å². The minimum absolute atomic E-state index is 0.0765. The normalized spacial score (nSPS) is 12.8. The zero-order valence-electron chi connectivity index (χ0n) is 8.83. The van der Waals surface area contributed by atoms with Gasteiger partial charge >= 0.3 is 0 Å². The number of halogens is 2. The van der Waals surface area contributed by atoms with Crippen LogP contribution in [0.3, 0.4) is 0 Å². The van der Waals surface area contributed by atoms with Gasteiger partial charge in [-0.2, -0.15) is 5.10 Å². The molecule has 0 spiro atoms. The number of nitrogens with zero attached hydrogens (tertiary/aromatic N) is 2. The molecule has 0 bridgehead atoms. The van der Waals surface area contributed by atoms with Crippen molar-refractivity contribution in [2.24, 2.45) is 5.92 Å². The van der Waals surface area contributed by atoms with Crippen LogP contribution in [0, 0.1) is 5.92 Å². The lowest BCUT2D eigenvalue weighted by atomic mass is 10.1. The molecule has 0 saturated heterocycles. The van der Waals surface area contributed by atoms with Gasteiger partial charge in [0.1, 0.15) is 4.47 Å². The zero-order chi connectivity index (χ0) is 11.4. The Morgan fingerprint density at radius 3 is 2.80 bits per heavy atom. The van der Waals surface area contributed by atoms with Gasteiger partial charge in [-0.15, -0.1) is 0 Å². The lowest BCUT2D eigenvalue weighted by Crippen LogP contribution is -2.26. The fourth-order valence-electron chi connectivity index (χ4n) is 1.45. The summed E-state index contributed by atoms with van der Waals surface area (Å²) in [6.45, 7) is 4.95. The highest BCUT2D eigenvalue weighted by atomic mass is 79.9. The monoisotopic (exact) mass is 336 g/mol. The Morgan fingerprint density at radius 2 is 2.20 bits per heavy atom. The summed E-state index contributed by atoms with van der Waals surface area (Å²) in [4.78, 5) is 11.8. The van der Waals surface area contributed by atoms with Crippen LogP contribution in [0.25, 0.3) is 0 Å². The first-order chi connectivity index (χ1) is 7.06. The van der Waals surface area contributed by atoms with Crippen LogP contribution in [-0.4, -0.2) is 9.78 Å². The number of hydrogen-bond donors (Lipinski definition) is 0. The van der Waals surface area contributed by atoms with E-state index < -0.39 is 0 Å². The molecule has 1 unspecified atom stereocenters. The summed E-state index contributed by atoms with van der Waals surface area (Å²) in [7, 11) is 0. The molecule has 15 heavy (non-hydrogen) atoms. The summed E-state index contributed by atoms with van der Waals surface area (Å²) < 4.78 is 2.75. The summed E-state index contributed by atoms with van der Waals surface area (Å²) in [6.07, 6.45) is 3.89. The fourth-order valence-corrected chi connectivity index (χ4v) is 2.02. The van der Waals surface area contributed by atoms with E-state index in [2.05, 4.69) is 50.8 Å². The van der Waals surface area contributed by atoms with Crippen molar-refractivity contribution in [1.82, 2.24) is 9.78 Å². The molecule has 84 valence electrons. The van der Waals surface area contributed by atoms with Crippen molar-refractivity contribution in [2.45, 2.75) is 33.2 Å². The lowest BCUT2D eigenvalue weighted by Gasteiger charge is -2.11. The van der Waals surface area contributed by atoms with Gasteiger partial charge in [0, 0.05) is 6.54 Å². The Hall–Kier alpha value is -0.160. The van der Waals surface area contributed by atoms with Crippen molar-refractivity contribution >= 4 is 31.9 Å². The Bertz CT molecular complexity index is 389. The van der Waals surface area contributed by atoms with Crippen LogP contribution < -0.4 is 5.56 Å². The van der Waals surface area contributed by atoms with Gasteiger partial charge in [0.15, 0.2) is 0 Å². The van der Waals surface area contributed by atoms with Crippen LogP contribution in [0.1, 0.15) is 26.7 Å². The molecule has 0 aliphatic carbocycles.